The summed E-state index contributed by atoms with van der Waals surface area (Å²) in [5, 5.41) is 12.5. The van der Waals surface area contributed by atoms with Gasteiger partial charge in [0.25, 0.3) is 0 Å². The zero-order valence-electron chi connectivity index (χ0n) is 18.5. The van der Waals surface area contributed by atoms with E-state index in [4.69, 9.17) is 9.47 Å². The maximum atomic E-state index is 14.3. The molecule has 1 atom stereocenters. The number of halogens is 1. The summed E-state index contributed by atoms with van der Waals surface area (Å²) in [5.74, 6) is 1.41. The summed E-state index contributed by atoms with van der Waals surface area (Å²) >= 11 is 0. The lowest BCUT2D eigenvalue weighted by atomic mass is 10.0. The molecular formula is C23H29FN6O2. The summed E-state index contributed by atoms with van der Waals surface area (Å²) in [7, 11) is 1.66. The Morgan fingerprint density at radius 3 is 2.47 bits per heavy atom. The van der Waals surface area contributed by atoms with E-state index >= 15 is 0 Å². The smallest absolute Gasteiger partial charge is 0.173 e. The number of nitrogens with zero attached hydrogens (tertiary/aromatic N) is 6. The molecule has 9 heteroatoms. The number of piperazine rings is 1. The van der Waals surface area contributed by atoms with Crippen molar-refractivity contribution < 1.29 is 13.9 Å². The molecule has 0 saturated carbocycles. The fourth-order valence-electron chi connectivity index (χ4n) is 4.11. The van der Waals surface area contributed by atoms with Gasteiger partial charge in [0, 0.05) is 33.3 Å². The lowest BCUT2D eigenvalue weighted by Gasteiger charge is -2.40. The number of aromatic nitrogens is 4. The van der Waals surface area contributed by atoms with Crippen molar-refractivity contribution >= 4 is 5.69 Å². The fraction of sp³-hybridized carbons (Fsp3) is 0.435. The molecule has 0 unspecified atom stereocenters. The zero-order chi connectivity index (χ0) is 22.3. The molecule has 0 aliphatic carbocycles. The van der Waals surface area contributed by atoms with Crippen LogP contribution in [0.4, 0.5) is 10.1 Å². The van der Waals surface area contributed by atoms with Gasteiger partial charge < -0.3 is 14.4 Å². The summed E-state index contributed by atoms with van der Waals surface area (Å²) in [6, 6.07) is 14.9. The van der Waals surface area contributed by atoms with Gasteiger partial charge >= 0.3 is 0 Å². The molecule has 1 aromatic heterocycles. The second kappa shape index (κ2) is 10.5. The highest BCUT2D eigenvalue weighted by Gasteiger charge is 2.31. The number of para-hydroxylation sites is 1. The van der Waals surface area contributed by atoms with Crippen molar-refractivity contribution in [2.24, 2.45) is 0 Å². The van der Waals surface area contributed by atoms with E-state index in [0.29, 0.717) is 38.5 Å². The first-order valence-corrected chi connectivity index (χ1v) is 10.9. The molecule has 2 aromatic carbocycles. The van der Waals surface area contributed by atoms with E-state index in [1.165, 1.54) is 6.07 Å². The van der Waals surface area contributed by atoms with Gasteiger partial charge in [-0.05, 0) is 47.2 Å². The standard InChI is InChI=1S/C23H29FN6O2/c1-3-32-19-10-8-18(9-11-19)22(23-25-26-27-30(23)16-17-31-2)29-14-12-28(13-15-29)21-7-5-4-6-20(21)24/h4-11,22H,3,12-17H2,1-2H3/t22-/m0/s1. The summed E-state index contributed by atoms with van der Waals surface area (Å²) < 4.78 is 26.9. The van der Waals surface area contributed by atoms with Gasteiger partial charge in [0.15, 0.2) is 5.82 Å². The van der Waals surface area contributed by atoms with Crippen LogP contribution in [-0.2, 0) is 11.3 Å². The Balaban J connectivity index is 1.59. The molecule has 1 saturated heterocycles. The number of tetrazole rings is 1. The van der Waals surface area contributed by atoms with Crippen molar-refractivity contribution in [3.8, 4) is 5.75 Å². The molecular weight excluding hydrogens is 411 g/mol. The summed E-state index contributed by atoms with van der Waals surface area (Å²) in [5.41, 5.74) is 1.73. The van der Waals surface area contributed by atoms with Gasteiger partial charge in [0.2, 0.25) is 0 Å². The molecule has 0 bridgehead atoms. The number of methoxy groups -OCH3 is 1. The van der Waals surface area contributed by atoms with Gasteiger partial charge in [-0.3, -0.25) is 4.90 Å². The van der Waals surface area contributed by atoms with Crippen LogP contribution >= 0.6 is 0 Å². The van der Waals surface area contributed by atoms with E-state index in [9.17, 15) is 4.39 Å². The number of anilines is 1. The van der Waals surface area contributed by atoms with Crippen LogP contribution in [0.3, 0.4) is 0 Å². The van der Waals surface area contributed by atoms with E-state index < -0.39 is 0 Å². The molecule has 3 aromatic rings. The second-order valence-corrected chi connectivity index (χ2v) is 7.63. The quantitative estimate of drug-likeness (QED) is 0.507. The Labute approximate surface area is 187 Å². The van der Waals surface area contributed by atoms with Gasteiger partial charge in [-0.25, -0.2) is 9.07 Å². The fourth-order valence-corrected chi connectivity index (χ4v) is 4.11. The van der Waals surface area contributed by atoms with Gasteiger partial charge in [0.05, 0.1) is 31.5 Å². The Hall–Kier alpha value is -3.04. The van der Waals surface area contributed by atoms with Crippen LogP contribution < -0.4 is 9.64 Å². The molecule has 8 nitrogen and oxygen atoms in total. The Morgan fingerprint density at radius 2 is 1.78 bits per heavy atom. The van der Waals surface area contributed by atoms with E-state index in [1.807, 2.05) is 31.2 Å². The van der Waals surface area contributed by atoms with Gasteiger partial charge in [-0.15, -0.1) is 5.10 Å². The molecule has 170 valence electrons. The van der Waals surface area contributed by atoms with E-state index in [2.05, 4.69) is 37.5 Å². The largest absolute Gasteiger partial charge is 0.494 e. The summed E-state index contributed by atoms with van der Waals surface area (Å²) in [4.78, 5) is 4.44. The van der Waals surface area contributed by atoms with Crippen LogP contribution in [0, 0.1) is 5.82 Å². The lowest BCUT2D eigenvalue weighted by molar-refractivity contribution is 0.171. The third-order valence-corrected chi connectivity index (χ3v) is 5.69. The van der Waals surface area contributed by atoms with E-state index in [0.717, 1.165) is 30.2 Å². The van der Waals surface area contributed by atoms with Gasteiger partial charge in [-0.1, -0.05) is 24.3 Å². The molecule has 0 N–H and O–H groups in total. The monoisotopic (exact) mass is 440 g/mol. The minimum atomic E-state index is -0.187. The topological polar surface area (TPSA) is 68.5 Å². The molecule has 32 heavy (non-hydrogen) atoms. The first-order chi connectivity index (χ1) is 15.7. The van der Waals surface area contributed by atoms with Gasteiger partial charge in [0.1, 0.15) is 11.6 Å². The number of ether oxygens (including phenoxy) is 2. The van der Waals surface area contributed by atoms with Crippen molar-refractivity contribution in [1.29, 1.82) is 0 Å². The van der Waals surface area contributed by atoms with Crippen LogP contribution in [0.25, 0.3) is 0 Å². The van der Waals surface area contributed by atoms with Crippen LogP contribution in [0.15, 0.2) is 48.5 Å². The first-order valence-electron chi connectivity index (χ1n) is 10.9. The van der Waals surface area contributed by atoms with Crippen LogP contribution in [0.5, 0.6) is 5.75 Å². The Bertz CT molecular complexity index is 988. The van der Waals surface area contributed by atoms with E-state index in [1.54, 1.807) is 17.9 Å². The molecule has 1 aliphatic heterocycles. The van der Waals surface area contributed by atoms with Crippen molar-refractivity contribution in [1.82, 2.24) is 25.1 Å². The molecule has 0 amide bonds. The first kappa shape index (κ1) is 22.2. The molecule has 1 fully saturated rings. The van der Waals surface area contributed by atoms with Crippen molar-refractivity contribution in [2.45, 2.75) is 19.5 Å². The average molecular weight is 441 g/mol. The van der Waals surface area contributed by atoms with E-state index in [-0.39, 0.29) is 11.9 Å². The van der Waals surface area contributed by atoms with Gasteiger partial charge in [-0.2, -0.15) is 0 Å². The molecule has 0 radical (unpaired) electrons. The van der Waals surface area contributed by atoms with Crippen molar-refractivity contribution in [3.63, 3.8) is 0 Å². The maximum Gasteiger partial charge on any atom is 0.173 e. The molecule has 1 aliphatic rings. The number of hydrogen-bond donors (Lipinski definition) is 0. The Kier molecular flexibility index (Phi) is 7.28. The lowest BCUT2D eigenvalue weighted by Crippen LogP contribution is -2.48. The Morgan fingerprint density at radius 1 is 1.03 bits per heavy atom. The minimum Gasteiger partial charge on any atom is -0.494 e. The average Bonchev–Trinajstić information content (AvgIpc) is 3.28. The number of rotatable bonds is 9. The van der Waals surface area contributed by atoms with Crippen molar-refractivity contribution in [2.75, 3.05) is 51.4 Å². The highest BCUT2D eigenvalue weighted by Crippen LogP contribution is 2.30. The highest BCUT2D eigenvalue weighted by molar-refractivity contribution is 5.48. The number of benzene rings is 2. The zero-order valence-corrected chi connectivity index (χ0v) is 18.5. The summed E-state index contributed by atoms with van der Waals surface area (Å²) in [6.07, 6.45) is 0. The third kappa shape index (κ3) is 4.89. The number of hydrogen-bond acceptors (Lipinski definition) is 7. The third-order valence-electron chi connectivity index (χ3n) is 5.69. The molecule has 2 heterocycles. The molecule has 4 rings (SSSR count). The SMILES string of the molecule is CCOc1ccc([C@@H](c2nnnn2CCOC)N2CCN(c3ccccc3F)CC2)cc1. The van der Waals surface area contributed by atoms with Crippen molar-refractivity contribution in [3.05, 3.63) is 65.7 Å². The normalized spacial score (nSPS) is 15.7. The maximum absolute atomic E-state index is 14.3. The predicted octanol–water partition coefficient (Wildman–Crippen LogP) is 2.77. The van der Waals surface area contributed by atoms with Crippen LogP contribution in [0.2, 0.25) is 0 Å². The minimum absolute atomic E-state index is 0.125. The molecule has 0 spiro atoms. The summed E-state index contributed by atoms with van der Waals surface area (Å²) in [6.45, 7) is 6.62. The van der Waals surface area contributed by atoms with Crippen LogP contribution in [-0.4, -0.2) is 71.6 Å². The second-order valence-electron chi connectivity index (χ2n) is 7.63. The highest BCUT2D eigenvalue weighted by atomic mass is 19.1. The predicted molar refractivity (Wildman–Crippen MR) is 119 cm³/mol. The van der Waals surface area contributed by atoms with Crippen LogP contribution in [0.1, 0.15) is 24.4 Å².